The number of carboxylic acid groups (broad SMARTS) is 6. The number of aromatic nitrogens is 1. The van der Waals surface area contributed by atoms with Crippen LogP contribution in [0, 0.1) is 5.92 Å². The molecule has 33 heteroatoms. The summed E-state index contributed by atoms with van der Waals surface area (Å²) in [6.45, 7) is 5.09. The van der Waals surface area contributed by atoms with E-state index >= 15 is 0 Å². The van der Waals surface area contributed by atoms with Gasteiger partial charge in [-0.1, -0.05) is 19.0 Å². The van der Waals surface area contributed by atoms with Crippen LogP contribution in [0.4, 0.5) is 5.69 Å². The van der Waals surface area contributed by atoms with Gasteiger partial charge in [0.1, 0.15) is 35.3 Å². The zero-order valence-corrected chi connectivity index (χ0v) is 48.8. The lowest BCUT2D eigenvalue weighted by Crippen LogP contribution is -2.57. The summed E-state index contributed by atoms with van der Waals surface area (Å²) in [5.74, 6) is -14.2. The van der Waals surface area contributed by atoms with Gasteiger partial charge in [-0.3, -0.25) is 77.1 Å². The van der Waals surface area contributed by atoms with Crippen molar-refractivity contribution in [2.45, 2.75) is 96.2 Å². The van der Waals surface area contributed by atoms with E-state index in [4.69, 9.17) is 4.52 Å². The second-order valence-electron chi connectivity index (χ2n) is 21.4. The number of nitrogens with one attached hydrogen (secondary N) is 6. The quantitative estimate of drug-likeness (QED) is 0.0374. The van der Waals surface area contributed by atoms with Gasteiger partial charge in [-0.25, -0.2) is 0 Å². The number of anilines is 1. The van der Waals surface area contributed by atoms with Crippen LogP contribution in [0.3, 0.4) is 0 Å². The van der Waals surface area contributed by atoms with Gasteiger partial charge in [-0.2, -0.15) is 0 Å². The first-order valence-corrected chi connectivity index (χ1v) is 28.4. The SMILES string of the molecule is CCNC(=O)c1noc(-c2cc(C(C)C)c(O)cc2O)c1NC(=O)C1CCN(CCNC(=O)[C@@H](CCC(=O)O)NC(=O)[C@@H](CCC(=O)O)NC(=O)[C@@H](CCC(=O)O)NC(=O)CN2CCN(CC(=O)O)CCN(CC(=O)O)CCN(CC(=O)O)CC2)CC1. The van der Waals surface area contributed by atoms with Crippen molar-refractivity contribution >= 4 is 76.9 Å². The Morgan fingerprint density at radius 2 is 0.989 bits per heavy atom. The first-order valence-electron chi connectivity index (χ1n) is 28.4. The molecule has 33 nitrogen and oxygen atoms in total. The maximum atomic E-state index is 14.0. The lowest BCUT2D eigenvalue weighted by Gasteiger charge is -2.33. The number of hydrogen-bond acceptors (Lipinski definition) is 21. The number of benzene rings is 1. The van der Waals surface area contributed by atoms with Crippen LogP contribution in [0.2, 0.25) is 0 Å². The Morgan fingerprint density at radius 1 is 0.552 bits per heavy atom. The summed E-state index contributed by atoms with van der Waals surface area (Å²) < 4.78 is 5.52. The van der Waals surface area contributed by atoms with Gasteiger partial charge in [-0.05, 0) is 69.7 Å². The summed E-state index contributed by atoms with van der Waals surface area (Å²) >= 11 is 0. The van der Waals surface area contributed by atoms with Crippen molar-refractivity contribution in [1.82, 2.24) is 56.2 Å². The number of hydrogen-bond donors (Lipinski definition) is 14. The lowest BCUT2D eigenvalue weighted by atomic mass is 9.95. The molecule has 6 amide bonds. The molecule has 0 spiro atoms. The third kappa shape index (κ3) is 24.4. The van der Waals surface area contributed by atoms with Crippen molar-refractivity contribution in [2.24, 2.45) is 5.92 Å². The molecule has 2 aromatic rings. The smallest absolute Gasteiger partial charge is 0.317 e. The fraction of sp³-hybridized carbons (Fsp3) is 0.611. The molecule has 0 unspecified atom stereocenters. The highest BCUT2D eigenvalue weighted by Gasteiger charge is 2.34. The minimum absolute atomic E-state index is 0.00912. The number of likely N-dealkylation sites (tertiary alicyclic amines) is 1. The molecule has 3 atom stereocenters. The number of amides is 6. The molecule has 0 aliphatic carbocycles. The van der Waals surface area contributed by atoms with Crippen molar-refractivity contribution in [3.05, 3.63) is 23.4 Å². The molecule has 1 aromatic heterocycles. The summed E-state index contributed by atoms with van der Waals surface area (Å²) in [7, 11) is 0. The van der Waals surface area contributed by atoms with Crippen molar-refractivity contribution < 1.29 is 103 Å². The van der Waals surface area contributed by atoms with E-state index in [1.807, 2.05) is 18.7 Å². The van der Waals surface area contributed by atoms with E-state index < -0.39 is 166 Å². The van der Waals surface area contributed by atoms with Crippen LogP contribution < -0.4 is 31.9 Å². The number of rotatable bonds is 32. The fourth-order valence-corrected chi connectivity index (χ4v) is 9.71. The minimum Gasteiger partial charge on any atom is -0.508 e. The highest BCUT2D eigenvalue weighted by molar-refractivity contribution is 6.06. The topological polar surface area (TPSA) is 481 Å². The van der Waals surface area contributed by atoms with Crippen molar-refractivity contribution in [2.75, 3.05) is 117 Å². The Labute approximate surface area is 499 Å². The highest BCUT2D eigenvalue weighted by Crippen LogP contribution is 2.42. The zero-order valence-electron chi connectivity index (χ0n) is 48.8. The van der Waals surface area contributed by atoms with Crippen LogP contribution in [0.5, 0.6) is 11.5 Å². The van der Waals surface area contributed by atoms with Crippen LogP contribution in [0.1, 0.15) is 94.1 Å². The van der Waals surface area contributed by atoms with E-state index in [-0.39, 0.29) is 106 Å². The number of piperidine rings is 1. The second kappa shape index (κ2) is 35.2. The van der Waals surface area contributed by atoms with Crippen molar-refractivity contribution in [3.8, 4) is 22.8 Å². The monoisotopic (exact) mass is 1230 g/mol. The number of aromatic hydroxyl groups is 2. The number of phenols is 2. The minimum atomic E-state index is -1.74. The molecular weight excluding hydrogens is 1150 g/mol. The van der Waals surface area contributed by atoms with E-state index in [0.29, 0.717) is 31.5 Å². The van der Waals surface area contributed by atoms with E-state index in [9.17, 15) is 98.4 Å². The van der Waals surface area contributed by atoms with Crippen molar-refractivity contribution in [1.29, 1.82) is 0 Å². The van der Waals surface area contributed by atoms with Crippen molar-refractivity contribution in [3.63, 3.8) is 0 Å². The zero-order chi connectivity index (χ0) is 64.5. The van der Waals surface area contributed by atoms with Gasteiger partial charge in [0.25, 0.3) is 5.91 Å². The molecule has 4 rings (SSSR count). The molecule has 0 bridgehead atoms. The largest absolute Gasteiger partial charge is 0.508 e. The summed E-state index contributed by atoms with van der Waals surface area (Å²) in [5.41, 5.74) is 0.190. The van der Waals surface area contributed by atoms with E-state index in [1.54, 1.807) is 16.7 Å². The highest BCUT2D eigenvalue weighted by atomic mass is 16.5. The predicted octanol–water partition coefficient (Wildman–Crippen LogP) is -2.08. The van der Waals surface area contributed by atoms with Crippen LogP contribution in [0.25, 0.3) is 11.3 Å². The average Bonchev–Trinajstić information content (AvgIpc) is 2.08. The number of carboxylic acids is 6. The van der Waals surface area contributed by atoms with Crippen LogP contribution in [0.15, 0.2) is 16.7 Å². The molecule has 2 aliphatic rings. The van der Waals surface area contributed by atoms with Gasteiger partial charge in [0.15, 0.2) is 11.5 Å². The molecule has 2 aliphatic heterocycles. The van der Waals surface area contributed by atoms with Gasteiger partial charge in [0.05, 0.1) is 31.7 Å². The number of carbonyl (C=O) groups is 12. The molecule has 1 aromatic carbocycles. The molecule has 87 heavy (non-hydrogen) atoms. The maximum absolute atomic E-state index is 14.0. The molecular formula is C54H80N12O21. The molecule has 2 saturated heterocycles. The Hall–Kier alpha value is -8.53. The number of phenolic OH excluding ortho intramolecular Hbond substituents is 2. The number of nitrogens with zero attached hydrogens (tertiary/aromatic N) is 6. The number of carbonyl (C=O) groups excluding carboxylic acids is 6. The molecule has 2 fully saturated rings. The van der Waals surface area contributed by atoms with Gasteiger partial charge in [-0.15, -0.1) is 0 Å². The third-order valence-corrected chi connectivity index (χ3v) is 14.4. The second-order valence-corrected chi connectivity index (χ2v) is 21.4. The molecule has 0 saturated carbocycles. The summed E-state index contributed by atoms with van der Waals surface area (Å²) in [6.07, 6.45) is -3.02. The van der Waals surface area contributed by atoms with E-state index in [0.717, 1.165) is 6.07 Å². The third-order valence-electron chi connectivity index (χ3n) is 14.4. The van der Waals surface area contributed by atoms with Crippen LogP contribution in [-0.2, 0) is 52.7 Å². The average molecular weight is 1230 g/mol. The molecule has 482 valence electrons. The van der Waals surface area contributed by atoms with Gasteiger partial charge < -0.3 is 82.2 Å². The molecule has 0 radical (unpaired) electrons. The maximum Gasteiger partial charge on any atom is 0.317 e. The standard InChI is InChI=1S/C54H80N12O21/c1-4-55-54(86)48-47(49(87-61-48)34-25-33(31(2)3)38(67)26-39(34)68)60-50(82)32-11-14-62(15-12-32)16-13-56-51(83)35(5-8-41(70)71)58-53(85)37(7-10-43(74)75)59-52(84)36(6-9-42(72)73)57-40(69)27-63-17-19-64(28-44(76)77)21-23-66(30-46(80)81)24-22-65(20-18-63)29-45(78)79/h25-26,31-32,35-37,67-68H,4-24,27-30H2,1-3H3,(H,55,86)(H,56,83)(H,57,69)(H,58,85)(H,59,84)(H,60,82)(H,70,71)(H,72,73)(H,74,75)(H,76,77)(H,78,79)(H,80,81)/t35-,36-,37-/m1/s1. The first kappa shape index (κ1) is 71.0. The molecule has 14 N–H and O–H groups in total. The Balaban J connectivity index is 1.42. The first-order chi connectivity index (χ1) is 41.1. The Kier molecular flexibility index (Phi) is 28.7. The van der Waals surface area contributed by atoms with Crippen LogP contribution in [-0.4, -0.2) is 271 Å². The summed E-state index contributed by atoms with van der Waals surface area (Å²) in [4.78, 5) is 161. The normalized spacial score (nSPS) is 16.4. The van der Waals surface area contributed by atoms with Gasteiger partial charge in [0.2, 0.25) is 29.5 Å². The van der Waals surface area contributed by atoms with Gasteiger partial charge >= 0.3 is 35.8 Å². The summed E-state index contributed by atoms with van der Waals surface area (Å²) in [6, 6.07) is -2.37. The lowest BCUT2D eigenvalue weighted by molar-refractivity contribution is -0.140. The fourth-order valence-electron chi connectivity index (χ4n) is 9.71. The number of aliphatic carboxylic acids is 6. The molecule has 3 heterocycles. The van der Waals surface area contributed by atoms with Crippen LogP contribution >= 0.6 is 0 Å². The van der Waals surface area contributed by atoms with E-state index in [2.05, 4.69) is 37.1 Å². The Morgan fingerprint density at radius 3 is 1.41 bits per heavy atom. The van der Waals surface area contributed by atoms with E-state index in [1.165, 1.54) is 15.9 Å². The Bertz CT molecular complexity index is 2740. The van der Waals surface area contributed by atoms with Gasteiger partial charge in [0, 0.05) is 103 Å². The summed E-state index contributed by atoms with van der Waals surface area (Å²) in [5, 5.41) is 97.6. The predicted molar refractivity (Wildman–Crippen MR) is 303 cm³/mol.